The topological polar surface area (TPSA) is 59.8 Å². The third-order valence-corrected chi connectivity index (χ3v) is 4.80. The molecule has 0 spiro atoms. The van der Waals surface area contributed by atoms with Gasteiger partial charge in [0.25, 0.3) is 5.91 Å². The molecule has 0 bridgehead atoms. The summed E-state index contributed by atoms with van der Waals surface area (Å²) < 4.78 is 1.93. The molecule has 3 rings (SSSR count). The first kappa shape index (κ1) is 16.4. The van der Waals surface area contributed by atoms with Crippen LogP contribution in [0.1, 0.15) is 29.2 Å². The van der Waals surface area contributed by atoms with Gasteiger partial charge >= 0.3 is 0 Å². The zero-order chi connectivity index (χ0) is 17.1. The second-order valence-corrected chi connectivity index (χ2v) is 7.16. The van der Waals surface area contributed by atoms with Crippen molar-refractivity contribution in [2.45, 2.75) is 27.3 Å². The molecule has 3 aromatic rings. The average Bonchev–Trinajstić information content (AvgIpc) is 3.18. The van der Waals surface area contributed by atoms with Gasteiger partial charge in [-0.3, -0.25) is 14.5 Å². The van der Waals surface area contributed by atoms with Crippen LogP contribution in [0.2, 0.25) is 0 Å². The van der Waals surface area contributed by atoms with Gasteiger partial charge in [0, 0.05) is 29.4 Å². The highest BCUT2D eigenvalue weighted by Crippen LogP contribution is 2.28. The number of nitrogens with zero attached hydrogens (tertiary/aromatic N) is 3. The monoisotopic (exact) mass is 340 g/mol. The minimum absolute atomic E-state index is 0.109. The molecule has 3 aromatic heterocycles. The van der Waals surface area contributed by atoms with Crippen LogP contribution in [-0.2, 0) is 6.54 Å². The van der Waals surface area contributed by atoms with Crippen LogP contribution >= 0.6 is 11.3 Å². The van der Waals surface area contributed by atoms with Gasteiger partial charge in [-0.25, -0.2) is 0 Å². The molecule has 0 fully saturated rings. The van der Waals surface area contributed by atoms with Gasteiger partial charge < -0.3 is 5.32 Å². The molecule has 0 atom stereocenters. The largest absolute Gasteiger partial charge is 0.318 e. The van der Waals surface area contributed by atoms with Gasteiger partial charge in [0.2, 0.25) is 0 Å². The maximum atomic E-state index is 12.5. The van der Waals surface area contributed by atoms with Crippen molar-refractivity contribution in [2.75, 3.05) is 5.32 Å². The van der Waals surface area contributed by atoms with Crippen LogP contribution in [0.25, 0.3) is 10.4 Å². The van der Waals surface area contributed by atoms with E-state index < -0.39 is 0 Å². The minimum atomic E-state index is -0.109. The lowest BCUT2D eigenvalue weighted by atomic mass is 10.2. The Labute approximate surface area is 145 Å². The molecule has 0 aliphatic rings. The summed E-state index contributed by atoms with van der Waals surface area (Å²) in [6.07, 6.45) is 5.25. The molecule has 0 aromatic carbocycles. The van der Waals surface area contributed by atoms with Crippen molar-refractivity contribution in [3.63, 3.8) is 0 Å². The van der Waals surface area contributed by atoms with Gasteiger partial charge in [0.1, 0.15) is 0 Å². The highest BCUT2D eigenvalue weighted by molar-refractivity contribution is 7.17. The van der Waals surface area contributed by atoms with Crippen molar-refractivity contribution in [3.8, 4) is 10.4 Å². The summed E-state index contributed by atoms with van der Waals surface area (Å²) in [4.78, 5) is 18.3. The molecule has 0 saturated carbocycles. The Morgan fingerprint density at radius 2 is 2.12 bits per heavy atom. The van der Waals surface area contributed by atoms with Crippen molar-refractivity contribution in [2.24, 2.45) is 5.92 Å². The first-order valence-corrected chi connectivity index (χ1v) is 8.70. The van der Waals surface area contributed by atoms with Crippen LogP contribution in [0.4, 0.5) is 5.69 Å². The zero-order valence-electron chi connectivity index (χ0n) is 14.0. The lowest BCUT2D eigenvalue weighted by Gasteiger charge is -2.08. The fourth-order valence-electron chi connectivity index (χ4n) is 2.41. The molecule has 1 amide bonds. The molecule has 3 heterocycles. The van der Waals surface area contributed by atoms with E-state index in [4.69, 9.17) is 0 Å². The average molecular weight is 340 g/mol. The quantitative estimate of drug-likeness (QED) is 0.756. The van der Waals surface area contributed by atoms with Gasteiger partial charge in [0.15, 0.2) is 0 Å². The number of thiophene rings is 1. The third kappa shape index (κ3) is 3.54. The first-order valence-electron chi connectivity index (χ1n) is 7.88. The number of carbonyl (C=O) groups is 1. The molecule has 6 heteroatoms. The second-order valence-electron chi connectivity index (χ2n) is 6.08. The zero-order valence-corrected chi connectivity index (χ0v) is 14.8. The molecule has 0 unspecified atom stereocenters. The molecule has 0 aliphatic carbocycles. The third-order valence-electron chi connectivity index (χ3n) is 3.67. The maximum Gasteiger partial charge on any atom is 0.265 e. The number of hydrogen-bond acceptors (Lipinski definition) is 4. The molecule has 0 radical (unpaired) electrons. The summed E-state index contributed by atoms with van der Waals surface area (Å²) >= 11 is 1.46. The fraction of sp³-hybridized carbons (Fsp3) is 0.278. The normalized spacial score (nSPS) is 11.0. The number of pyridine rings is 1. The Kier molecular flexibility index (Phi) is 4.76. The maximum absolute atomic E-state index is 12.5. The molecular weight excluding hydrogens is 320 g/mol. The lowest BCUT2D eigenvalue weighted by molar-refractivity contribution is 0.103. The van der Waals surface area contributed by atoms with E-state index in [0.29, 0.717) is 10.8 Å². The first-order chi connectivity index (χ1) is 11.5. The lowest BCUT2D eigenvalue weighted by Crippen LogP contribution is -2.12. The predicted octanol–water partition coefficient (Wildman–Crippen LogP) is 4.22. The second kappa shape index (κ2) is 6.97. The van der Waals surface area contributed by atoms with Crippen LogP contribution in [0.15, 0.2) is 42.9 Å². The van der Waals surface area contributed by atoms with Crippen LogP contribution in [0.3, 0.4) is 0 Å². The standard InChI is InChI=1S/C18H20N4OS/c1-12(2)11-22-13(3)15(10-20-22)21-18(23)17-7-6-16(24-17)14-5-4-8-19-9-14/h4-10,12H,11H2,1-3H3,(H,21,23). The molecule has 0 saturated heterocycles. The van der Waals surface area contributed by atoms with E-state index in [1.54, 1.807) is 18.6 Å². The van der Waals surface area contributed by atoms with Crippen molar-refractivity contribution < 1.29 is 4.79 Å². The number of aromatic nitrogens is 3. The van der Waals surface area contributed by atoms with Crippen LogP contribution < -0.4 is 5.32 Å². The van der Waals surface area contributed by atoms with E-state index in [-0.39, 0.29) is 5.91 Å². The number of nitrogens with one attached hydrogen (secondary N) is 1. The predicted molar refractivity (Wildman–Crippen MR) is 97.3 cm³/mol. The van der Waals surface area contributed by atoms with E-state index in [1.807, 2.05) is 35.9 Å². The van der Waals surface area contributed by atoms with Crippen molar-refractivity contribution in [3.05, 3.63) is 53.4 Å². The molecule has 0 aliphatic heterocycles. The SMILES string of the molecule is Cc1c(NC(=O)c2ccc(-c3cccnc3)s2)cnn1CC(C)C. The van der Waals surface area contributed by atoms with E-state index in [9.17, 15) is 4.79 Å². The summed E-state index contributed by atoms with van der Waals surface area (Å²) in [5.74, 6) is 0.397. The summed E-state index contributed by atoms with van der Waals surface area (Å²) in [7, 11) is 0. The Morgan fingerprint density at radius 1 is 1.29 bits per heavy atom. The highest BCUT2D eigenvalue weighted by atomic mass is 32.1. The van der Waals surface area contributed by atoms with E-state index in [2.05, 4.69) is 29.2 Å². The Hall–Kier alpha value is -2.47. The number of anilines is 1. The van der Waals surface area contributed by atoms with Crippen LogP contribution in [0, 0.1) is 12.8 Å². The van der Waals surface area contributed by atoms with E-state index in [0.717, 1.165) is 28.4 Å². The van der Waals surface area contributed by atoms with Gasteiger partial charge in [0.05, 0.1) is 22.5 Å². The Morgan fingerprint density at radius 3 is 2.83 bits per heavy atom. The van der Waals surface area contributed by atoms with E-state index in [1.165, 1.54) is 11.3 Å². The molecule has 124 valence electrons. The summed E-state index contributed by atoms with van der Waals surface area (Å²) in [6.45, 7) is 7.10. The highest BCUT2D eigenvalue weighted by Gasteiger charge is 2.14. The van der Waals surface area contributed by atoms with Gasteiger partial charge in [-0.1, -0.05) is 19.9 Å². The smallest absolute Gasteiger partial charge is 0.265 e. The van der Waals surface area contributed by atoms with E-state index >= 15 is 0 Å². The molecule has 1 N–H and O–H groups in total. The summed E-state index contributed by atoms with van der Waals surface area (Å²) in [6, 6.07) is 7.67. The van der Waals surface area contributed by atoms with Crippen LogP contribution in [0.5, 0.6) is 0 Å². The number of rotatable bonds is 5. The van der Waals surface area contributed by atoms with Gasteiger partial charge in [-0.2, -0.15) is 5.10 Å². The van der Waals surface area contributed by atoms with Crippen molar-refractivity contribution >= 4 is 22.9 Å². The number of hydrogen-bond donors (Lipinski definition) is 1. The number of carbonyl (C=O) groups excluding carboxylic acids is 1. The van der Waals surface area contributed by atoms with Gasteiger partial charge in [-0.05, 0) is 31.0 Å². The minimum Gasteiger partial charge on any atom is -0.318 e. The summed E-state index contributed by atoms with van der Waals surface area (Å²) in [5.41, 5.74) is 2.75. The van der Waals surface area contributed by atoms with Gasteiger partial charge in [-0.15, -0.1) is 11.3 Å². The molecular formula is C18H20N4OS. The summed E-state index contributed by atoms with van der Waals surface area (Å²) in [5, 5.41) is 7.31. The Balaban J connectivity index is 1.74. The molecule has 24 heavy (non-hydrogen) atoms. The van der Waals surface area contributed by atoms with Crippen LogP contribution in [-0.4, -0.2) is 20.7 Å². The van der Waals surface area contributed by atoms with Crippen molar-refractivity contribution in [1.29, 1.82) is 0 Å². The number of amides is 1. The Bertz CT molecular complexity index is 836. The van der Waals surface area contributed by atoms with Crippen molar-refractivity contribution in [1.82, 2.24) is 14.8 Å². The molecule has 5 nitrogen and oxygen atoms in total. The fourth-order valence-corrected chi connectivity index (χ4v) is 3.30.